The molecule has 18 heavy (non-hydrogen) atoms. The van der Waals surface area contributed by atoms with Crippen molar-refractivity contribution in [1.82, 2.24) is 9.80 Å². The molecule has 1 saturated carbocycles. The molecule has 2 atom stereocenters. The van der Waals surface area contributed by atoms with Crippen molar-refractivity contribution in [2.75, 3.05) is 33.7 Å². The van der Waals surface area contributed by atoms with E-state index in [1.165, 1.54) is 0 Å². The molecule has 0 aromatic carbocycles. The van der Waals surface area contributed by atoms with Gasteiger partial charge in [0.2, 0.25) is 0 Å². The fourth-order valence-electron chi connectivity index (χ4n) is 2.92. The quantitative estimate of drug-likeness (QED) is 0.788. The summed E-state index contributed by atoms with van der Waals surface area (Å²) < 4.78 is 0. The average Bonchev–Trinajstić information content (AvgIpc) is 2.49. The van der Waals surface area contributed by atoms with E-state index in [0.717, 1.165) is 32.5 Å². The van der Waals surface area contributed by atoms with Crippen LogP contribution in [0.4, 0.5) is 0 Å². The van der Waals surface area contributed by atoms with Gasteiger partial charge >= 0.3 is 0 Å². The van der Waals surface area contributed by atoms with Crippen LogP contribution in [-0.2, 0) is 0 Å². The molecule has 0 spiro atoms. The molecule has 3 heteroatoms. The van der Waals surface area contributed by atoms with Gasteiger partial charge < -0.3 is 10.0 Å². The average molecular weight is 256 g/mol. The first-order valence-corrected chi connectivity index (χ1v) is 7.31. The molecule has 108 valence electrons. The predicted molar refractivity (Wildman–Crippen MR) is 77.8 cm³/mol. The van der Waals surface area contributed by atoms with Crippen LogP contribution in [0.15, 0.2) is 0 Å². The first kappa shape index (κ1) is 15.9. The molecule has 1 aliphatic rings. The van der Waals surface area contributed by atoms with Gasteiger partial charge in [-0.05, 0) is 38.3 Å². The van der Waals surface area contributed by atoms with Crippen molar-refractivity contribution in [2.24, 2.45) is 11.3 Å². The Kier molecular flexibility index (Phi) is 5.63. The second-order valence-electron chi connectivity index (χ2n) is 7.23. The van der Waals surface area contributed by atoms with Gasteiger partial charge in [0.05, 0.1) is 6.10 Å². The monoisotopic (exact) mass is 256 g/mol. The molecule has 0 amide bonds. The topological polar surface area (TPSA) is 26.7 Å². The number of aliphatic hydroxyl groups excluding tert-OH is 1. The summed E-state index contributed by atoms with van der Waals surface area (Å²) in [5.74, 6) is 0.656. The molecule has 0 aromatic heterocycles. The van der Waals surface area contributed by atoms with Crippen molar-refractivity contribution in [3.05, 3.63) is 0 Å². The number of hydrogen-bond acceptors (Lipinski definition) is 3. The van der Waals surface area contributed by atoms with E-state index in [1.54, 1.807) is 0 Å². The molecule has 0 saturated heterocycles. The van der Waals surface area contributed by atoms with Gasteiger partial charge in [0, 0.05) is 25.7 Å². The van der Waals surface area contributed by atoms with Crippen LogP contribution in [0.3, 0.4) is 0 Å². The Hall–Kier alpha value is -0.120. The van der Waals surface area contributed by atoms with E-state index in [4.69, 9.17) is 0 Å². The number of rotatable bonds is 6. The van der Waals surface area contributed by atoms with Crippen LogP contribution in [0.25, 0.3) is 0 Å². The molecular formula is C15H32N2O. The first-order valence-electron chi connectivity index (χ1n) is 7.31. The number of likely N-dealkylation sites (N-methyl/N-ethyl adjacent to an activating group) is 1. The van der Waals surface area contributed by atoms with Crippen LogP contribution in [0, 0.1) is 11.3 Å². The Labute approximate surface area is 113 Å². The lowest BCUT2D eigenvalue weighted by Crippen LogP contribution is -2.47. The normalized spacial score (nSPS) is 27.7. The predicted octanol–water partition coefficient (Wildman–Crippen LogP) is 2.06. The highest BCUT2D eigenvalue weighted by Crippen LogP contribution is 2.39. The molecule has 3 nitrogen and oxygen atoms in total. The molecule has 0 radical (unpaired) electrons. The standard InChI is InChI=1S/C15H32N2O/c1-12(2)11-17(10-9-16(5)6)13-7-8-15(3,4)14(13)18/h12-14,18H,7-11H2,1-6H3. The largest absolute Gasteiger partial charge is 0.391 e. The molecule has 1 N–H and O–H groups in total. The van der Waals surface area contributed by atoms with E-state index in [9.17, 15) is 5.11 Å². The van der Waals surface area contributed by atoms with E-state index >= 15 is 0 Å². The third-order valence-corrected chi connectivity index (χ3v) is 4.15. The summed E-state index contributed by atoms with van der Waals surface area (Å²) in [6, 6.07) is 0.349. The smallest absolute Gasteiger partial charge is 0.0746 e. The zero-order chi connectivity index (χ0) is 13.9. The molecule has 0 aromatic rings. The van der Waals surface area contributed by atoms with Crippen LogP contribution in [-0.4, -0.2) is 60.8 Å². The Bertz CT molecular complexity index is 251. The Morgan fingerprint density at radius 2 is 1.83 bits per heavy atom. The summed E-state index contributed by atoms with van der Waals surface area (Å²) in [5.41, 5.74) is 0.0814. The summed E-state index contributed by atoms with van der Waals surface area (Å²) in [5, 5.41) is 10.5. The minimum absolute atomic E-state index is 0.0814. The maximum absolute atomic E-state index is 10.5. The highest BCUT2D eigenvalue weighted by atomic mass is 16.3. The van der Waals surface area contributed by atoms with Crippen LogP contribution in [0.2, 0.25) is 0 Å². The minimum atomic E-state index is -0.182. The Morgan fingerprint density at radius 3 is 2.22 bits per heavy atom. The molecule has 0 bridgehead atoms. The van der Waals surface area contributed by atoms with Crippen LogP contribution < -0.4 is 0 Å². The van der Waals surface area contributed by atoms with Crippen LogP contribution in [0.5, 0.6) is 0 Å². The molecule has 1 aliphatic carbocycles. The summed E-state index contributed by atoms with van der Waals surface area (Å²) in [7, 11) is 4.23. The van der Waals surface area contributed by atoms with Crippen molar-refractivity contribution in [3.63, 3.8) is 0 Å². The maximum Gasteiger partial charge on any atom is 0.0746 e. The lowest BCUT2D eigenvalue weighted by Gasteiger charge is -2.35. The van der Waals surface area contributed by atoms with E-state index in [2.05, 4.69) is 51.6 Å². The van der Waals surface area contributed by atoms with Crippen LogP contribution >= 0.6 is 0 Å². The highest BCUT2D eigenvalue weighted by molar-refractivity contribution is 4.96. The Balaban J connectivity index is 2.65. The van der Waals surface area contributed by atoms with Gasteiger partial charge in [-0.15, -0.1) is 0 Å². The summed E-state index contributed by atoms with van der Waals surface area (Å²) in [6.45, 7) is 12.1. The maximum atomic E-state index is 10.5. The molecule has 0 aliphatic heterocycles. The number of hydrogen-bond donors (Lipinski definition) is 1. The van der Waals surface area contributed by atoms with Gasteiger partial charge in [-0.2, -0.15) is 0 Å². The van der Waals surface area contributed by atoms with E-state index in [0.29, 0.717) is 12.0 Å². The second-order valence-corrected chi connectivity index (χ2v) is 7.23. The van der Waals surface area contributed by atoms with Gasteiger partial charge in [0.25, 0.3) is 0 Å². The van der Waals surface area contributed by atoms with E-state index in [1.807, 2.05) is 0 Å². The van der Waals surface area contributed by atoms with Crippen molar-refractivity contribution in [3.8, 4) is 0 Å². The summed E-state index contributed by atoms with van der Waals surface area (Å²) in [4.78, 5) is 4.73. The van der Waals surface area contributed by atoms with Gasteiger partial charge in [-0.25, -0.2) is 0 Å². The molecule has 1 fully saturated rings. The van der Waals surface area contributed by atoms with Gasteiger partial charge in [0.1, 0.15) is 0 Å². The summed E-state index contributed by atoms with van der Waals surface area (Å²) >= 11 is 0. The van der Waals surface area contributed by atoms with Crippen molar-refractivity contribution < 1.29 is 5.11 Å². The zero-order valence-corrected chi connectivity index (χ0v) is 13.1. The number of aliphatic hydroxyl groups is 1. The highest BCUT2D eigenvalue weighted by Gasteiger charge is 2.43. The third kappa shape index (κ3) is 4.22. The molecule has 2 unspecified atom stereocenters. The number of nitrogens with zero attached hydrogens (tertiary/aromatic N) is 2. The minimum Gasteiger partial charge on any atom is -0.391 e. The summed E-state index contributed by atoms with van der Waals surface area (Å²) in [6.07, 6.45) is 2.09. The SMILES string of the molecule is CC(C)CN(CCN(C)C)C1CCC(C)(C)C1O. The van der Waals surface area contributed by atoms with Crippen molar-refractivity contribution >= 4 is 0 Å². The van der Waals surface area contributed by atoms with Crippen molar-refractivity contribution in [2.45, 2.75) is 52.7 Å². The van der Waals surface area contributed by atoms with Gasteiger partial charge in [-0.1, -0.05) is 27.7 Å². The molecular weight excluding hydrogens is 224 g/mol. The lowest BCUT2D eigenvalue weighted by atomic mass is 9.88. The van der Waals surface area contributed by atoms with Crippen LogP contribution in [0.1, 0.15) is 40.5 Å². The molecule has 1 rings (SSSR count). The fraction of sp³-hybridized carbons (Fsp3) is 1.00. The van der Waals surface area contributed by atoms with Crippen molar-refractivity contribution in [1.29, 1.82) is 0 Å². The van der Waals surface area contributed by atoms with Gasteiger partial charge in [0.15, 0.2) is 0 Å². The van der Waals surface area contributed by atoms with E-state index < -0.39 is 0 Å². The van der Waals surface area contributed by atoms with Gasteiger partial charge in [-0.3, -0.25) is 4.90 Å². The second kappa shape index (κ2) is 6.36. The molecule has 0 heterocycles. The third-order valence-electron chi connectivity index (χ3n) is 4.15. The first-order chi connectivity index (χ1) is 8.24. The van der Waals surface area contributed by atoms with E-state index in [-0.39, 0.29) is 11.5 Å². The fourth-order valence-corrected chi connectivity index (χ4v) is 2.92. The zero-order valence-electron chi connectivity index (χ0n) is 13.1. The lowest BCUT2D eigenvalue weighted by molar-refractivity contribution is 0.00900. The Morgan fingerprint density at radius 1 is 1.22 bits per heavy atom.